The van der Waals surface area contributed by atoms with E-state index in [1.807, 2.05) is 13.8 Å². The lowest BCUT2D eigenvalue weighted by Gasteiger charge is -2.14. The molecule has 6 nitrogen and oxygen atoms in total. The number of nitrogens with zero attached hydrogens (tertiary/aromatic N) is 1. The van der Waals surface area contributed by atoms with Crippen LogP contribution in [-0.2, 0) is 14.8 Å². The number of hydrogen-bond donors (Lipinski definition) is 2. The average molecular weight is 315 g/mol. The molecule has 0 aliphatic carbocycles. The fourth-order valence-electron chi connectivity index (χ4n) is 1.69. The first-order chi connectivity index (χ1) is 9.97. The minimum Gasteiger partial charge on any atom is -0.361 e. The summed E-state index contributed by atoms with van der Waals surface area (Å²) in [5.74, 6) is 0. The molecule has 2 N–H and O–H groups in total. The summed E-state index contributed by atoms with van der Waals surface area (Å²) >= 11 is 0. The van der Waals surface area contributed by atoms with Crippen LogP contribution in [0.4, 0.5) is 5.69 Å². The average Bonchev–Trinajstić information content (AvgIpc) is 2.44. The van der Waals surface area contributed by atoms with Gasteiger partial charge in [-0.15, -0.1) is 0 Å². The predicted molar refractivity (Wildman–Crippen MR) is 83.7 cm³/mol. The van der Waals surface area contributed by atoms with Crippen molar-refractivity contribution >= 4 is 15.7 Å². The Morgan fingerprint density at radius 2 is 2.10 bits per heavy atom. The van der Waals surface area contributed by atoms with Gasteiger partial charge in [-0.1, -0.05) is 19.8 Å². The molecule has 0 saturated heterocycles. The van der Waals surface area contributed by atoms with Crippen molar-refractivity contribution in [2.45, 2.75) is 51.0 Å². The van der Waals surface area contributed by atoms with Gasteiger partial charge in [0, 0.05) is 18.9 Å². The van der Waals surface area contributed by atoms with Gasteiger partial charge < -0.3 is 10.1 Å². The van der Waals surface area contributed by atoms with Crippen molar-refractivity contribution in [3.05, 3.63) is 18.5 Å². The van der Waals surface area contributed by atoms with E-state index in [1.165, 1.54) is 6.20 Å². The van der Waals surface area contributed by atoms with Crippen LogP contribution in [-0.4, -0.2) is 32.8 Å². The number of ether oxygens (including phenoxy) is 1. The molecular weight excluding hydrogens is 290 g/mol. The third-order valence-electron chi connectivity index (χ3n) is 2.83. The van der Waals surface area contributed by atoms with Gasteiger partial charge in [0.15, 0.2) is 0 Å². The fraction of sp³-hybridized carbons (Fsp3) is 0.643. The standard InChI is InChI=1S/C14H25N3O3S/c1-4-5-6-8-17-21(18,19)14-10-15-9-7-13(14)16-11-20-12(2)3/h7,9-10,12,17H,4-6,8,11H2,1-3H3,(H,15,16). The molecule has 0 fully saturated rings. The Morgan fingerprint density at radius 1 is 1.33 bits per heavy atom. The van der Waals surface area contributed by atoms with Gasteiger partial charge in [0.05, 0.1) is 11.8 Å². The molecule has 0 aliphatic rings. The summed E-state index contributed by atoms with van der Waals surface area (Å²) < 4.78 is 32.5. The number of unbranched alkanes of at least 4 members (excludes halogenated alkanes) is 2. The maximum absolute atomic E-state index is 12.3. The minimum atomic E-state index is -3.55. The van der Waals surface area contributed by atoms with Crippen molar-refractivity contribution < 1.29 is 13.2 Å². The number of aromatic nitrogens is 1. The molecule has 0 atom stereocenters. The minimum absolute atomic E-state index is 0.0755. The lowest BCUT2D eigenvalue weighted by Crippen LogP contribution is -2.26. The van der Waals surface area contributed by atoms with Gasteiger partial charge in [-0.3, -0.25) is 4.98 Å². The van der Waals surface area contributed by atoms with E-state index in [0.29, 0.717) is 12.2 Å². The quantitative estimate of drug-likeness (QED) is 0.512. The highest BCUT2D eigenvalue weighted by molar-refractivity contribution is 7.89. The van der Waals surface area contributed by atoms with E-state index in [2.05, 4.69) is 21.9 Å². The number of rotatable bonds is 10. The summed E-state index contributed by atoms with van der Waals surface area (Å²) in [5, 5.41) is 2.97. The number of hydrogen-bond acceptors (Lipinski definition) is 5. The van der Waals surface area contributed by atoms with Crippen LogP contribution in [0.1, 0.15) is 40.0 Å². The maximum Gasteiger partial charge on any atom is 0.244 e. The van der Waals surface area contributed by atoms with Crippen LogP contribution >= 0.6 is 0 Å². The Morgan fingerprint density at radius 3 is 2.76 bits per heavy atom. The van der Waals surface area contributed by atoms with Crippen molar-refractivity contribution in [3.63, 3.8) is 0 Å². The summed E-state index contributed by atoms with van der Waals surface area (Å²) in [5.41, 5.74) is 0.494. The Hall–Kier alpha value is -1.18. The van der Waals surface area contributed by atoms with Crippen molar-refractivity contribution in [1.29, 1.82) is 0 Å². The monoisotopic (exact) mass is 315 g/mol. The third kappa shape index (κ3) is 6.41. The first kappa shape index (κ1) is 17.9. The number of anilines is 1. The van der Waals surface area contributed by atoms with Crippen LogP contribution in [0.25, 0.3) is 0 Å². The lowest BCUT2D eigenvalue weighted by molar-refractivity contribution is 0.0938. The third-order valence-corrected chi connectivity index (χ3v) is 4.31. The normalized spacial score (nSPS) is 11.8. The maximum atomic E-state index is 12.3. The summed E-state index contributed by atoms with van der Waals surface area (Å²) in [6.45, 7) is 6.60. The Kier molecular flexibility index (Phi) is 7.63. The Bertz CT molecular complexity index is 518. The highest BCUT2D eigenvalue weighted by Crippen LogP contribution is 2.19. The molecule has 0 aromatic carbocycles. The zero-order valence-electron chi connectivity index (χ0n) is 12.9. The molecule has 0 spiro atoms. The second-order valence-electron chi connectivity index (χ2n) is 5.01. The summed E-state index contributed by atoms with van der Waals surface area (Å²) in [6, 6.07) is 1.63. The topological polar surface area (TPSA) is 80.3 Å². The zero-order valence-corrected chi connectivity index (χ0v) is 13.7. The molecule has 1 aromatic rings. The lowest BCUT2D eigenvalue weighted by atomic mass is 10.3. The van der Waals surface area contributed by atoms with Crippen molar-refractivity contribution in [1.82, 2.24) is 9.71 Å². The van der Waals surface area contributed by atoms with Gasteiger partial charge in [-0.2, -0.15) is 0 Å². The summed E-state index contributed by atoms with van der Waals surface area (Å²) in [7, 11) is -3.55. The molecule has 120 valence electrons. The first-order valence-corrected chi connectivity index (χ1v) is 8.75. The van der Waals surface area contributed by atoms with Crippen LogP contribution < -0.4 is 10.0 Å². The highest BCUT2D eigenvalue weighted by atomic mass is 32.2. The van der Waals surface area contributed by atoms with E-state index in [9.17, 15) is 8.42 Å². The number of nitrogens with one attached hydrogen (secondary N) is 2. The van der Waals surface area contributed by atoms with Gasteiger partial charge in [0.1, 0.15) is 11.6 Å². The smallest absolute Gasteiger partial charge is 0.244 e. The molecule has 1 heterocycles. The van der Waals surface area contributed by atoms with Crippen LogP contribution in [0.15, 0.2) is 23.4 Å². The largest absolute Gasteiger partial charge is 0.361 e. The van der Waals surface area contributed by atoms with Crippen LogP contribution in [0.3, 0.4) is 0 Å². The molecule has 0 bridgehead atoms. The van der Waals surface area contributed by atoms with Crippen molar-refractivity contribution in [3.8, 4) is 0 Å². The zero-order chi connectivity index (χ0) is 15.7. The van der Waals surface area contributed by atoms with E-state index in [4.69, 9.17) is 4.74 Å². The fourth-order valence-corrected chi connectivity index (χ4v) is 2.88. The SMILES string of the molecule is CCCCCNS(=O)(=O)c1cnccc1NCOC(C)C. The molecule has 7 heteroatoms. The van der Waals surface area contributed by atoms with Gasteiger partial charge in [0.25, 0.3) is 0 Å². The van der Waals surface area contributed by atoms with Gasteiger partial charge in [-0.05, 0) is 26.3 Å². The van der Waals surface area contributed by atoms with E-state index in [0.717, 1.165) is 19.3 Å². The van der Waals surface area contributed by atoms with E-state index < -0.39 is 10.0 Å². The predicted octanol–water partition coefficient (Wildman–Crippen LogP) is 2.34. The molecule has 1 aromatic heterocycles. The van der Waals surface area contributed by atoms with Gasteiger partial charge >= 0.3 is 0 Å². The van der Waals surface area contributed by atoms with E-state index >= 15 is 0 Å². The molecule has 0 radical (unpaired) electrons. The molecule has 1 rings (SSSR count). The van der Waals surface area contributed by atoms with Crippen LogP contribution in [0.5, 0.6) is 0 Å². The molecular formula is C14H25N3O3S. The Balaban J connectivity index is 2.71. The van der Waals surface area contributed by atoms with Crippen molar-refractivity contribution in [2.24, 2.45) is 0 Å². The Labute approximate surface area is 127 Å². The van der Waals surface area contributed by atoms with Crippen LogP contribution in [0, 0.1) is 0 Å². The van der Waals surface area contributed by atoms with Crippen LogP contribution in [0.2, 0.25) is 0 Å². The second-order valence-corrected chi connectivity index (χ2v) is 6.75. The molecule has 0 aliphatic heterocycles. The number of sulfonamides is 1. The number of pyridine rings is 1. The van der Waals surface area contributed by atoms with Crippen molar-refractivity contribution in [2.75, 3.05) is 18.6 Å². The second kappa shape index (κ2) is 8.96. The van der Waals surface area contributed by atoms with E-state index in [1.54, 1.807) is 12.3 Å². The molecule has 0 unspecified atom stereocenters. The summed E-state index contributed by atoms with van der Waals surface area (Å²) in [6.07, 6.45) is 5.85. The molecule has 21 heavy (non-hydrogen) atoms. The van der Waals surface area contributed by atoms with Gasteiger partial charge in [-0.25, -0.2) is 13.1 Å². The summed E-state index contributed by atoms with van der Waals surface area (Å²) in [4.78, 5) is 4.05. The van der Waals surface area contributed by atoms with Gasteiger partial charge in [0.2, 0.25) is 10.0 Å². The van der Waals surface area contributed by atoms with E-state index in [-0.39, 0.29) is 17.7 Å². The highest BCUT2D eigenvalue weighted by Gasteiger charge is 2.18. The first-order valence-electron chi connectivity index (χ1n) is 7.26. The molecule has 0 amide bonds. The molecule has 0 saturated carbocycles.